The van der Waals surface area contributed by atoms with Gasteiger partial charge in [0.1, 0.15) is 0 Å². The summed E-state index contributed by atoms with van der Waals surface area (Å²) in [4.78, 5) is 22.8. The fraction of sp³-hybridized carbons (Fsp3) is 0.846. The van der Waals surface area contributed by atoms with Gasteiger partial charge in [0, 0.05) is 5.33 Å². The Kier molecular flexibility index (Phi) is 9.06. The Hall–Kier alpha value is -0.580. The van der Waals surface area contributed by atoms with Gasteiger partial charge in [-0.05, 0) is 38.5 Å². The van der Waals surface area contributed by atoms with Crippen LogP contribution in [0.5, 0.6) is 0 Å². The highest BCUT2D eigenvalue weighted by atomic mass is 79.9. The zero-order chi connectivity index (χ0) is 14.1. The number of alkyl halides is 1. The van der Waals surface area contributed by atoms with E-state index in [1.165, 1.54) is 0 Å². The molecule has 0 aromatic rings. The monoisotopic (exact) mass is 322 g/mol. The summed E-state index contributed by atoms with van der Waals surface area (Å²) in [6.07, 6.45) is 2.51. The van der Waals surface area contributed by atoms with Gasteiger partial charge in [0.05, 0.1) is 6.10 Å². The van der Waals surface area contributed by atoms with Gasteiger partial charge in [0.25, 0.3) is 0 Å². The van der Waals surface area contributed by atoms with E-state index in [1.807, 2.05) is 6.92 Å². The molecule has 0 aliphatic carbocycles. The van der Waals surface area contributed by atoms with Crippen LogP contribution in [-0.4, -0.2) is 28.5 Å². The van der Waals surface area contributed by atoms with Crippen molar-refractivity contribution < 1.29 is 19.4 Å². The lowest BCUT2D eigenvalue weighted by atomic mass is 9.95. The Morgan fingerprint density at radius 3 is 2.28 bits per heavy atom. The van der Waals surface area contributed by atoms with Crippen LogP contribution in [0.1, 0.15) is 46.5 Å². The number of ether oxygens (including phenoxy) is 1. The molecule has 18 heavy (non-hydrogen) atoms. The van der Waals surface area contributed by atoms with Gasteiger partial charge >= 0.3 is 11.9 Å². The predicted octanol–water partition coefficient (Wildman–Crippen LogP) is 3.23. The van der Waals surface area contributed by atoms with Gasteiger partial charge in [-0.25, -0.2) is 0 Å². The molecule has 0 aliphatic rings. The molecular weight excluding hydrogens is 300 g/mol. The topological polar surface area (TPSA) is 63.6 Å². The Labute approximate surface area is 117 Å². The van der Waals surface area contributed by atoms with E-state index >= 15 is 0 Å². The largest absolute Gasteiger partial charge is 0.481 e. The number of hydrogen-bond donors (Lipinski definition) is 1. The molecule has 0 rings (SSSR count). The number of hydrogen-bond acceptors (Lipinski definition) is 3. The minimum absolute atomic E-state index is 0.223. The van der Waals surface area contributed by atoms with E-state index in [2.05, 4.69) is 22.9 Å². The molecule has 0 saturated carbocycles. The van der Waals surface area contributed by atoms with Gasteiger partial charge in [-0.3, -0.25) is 9.59 Å². The summed E-state index contributed by atoms with van der Waals surface area (Å²) in [5.74, 6) is -2.32. The first-order valence-corrected chi connectivity index (χ1v) is 7.53. The highest BCUT2D eigenvalue weighted by Gasteiger charge is 2.28. The van der Waals surface area contributed by atoms with Crippen molar-refractivity contribution in [1.82, 2.24) is 0 Å². The van der Waals surface area contributed by atoms with Crippen LogP contribution in [-0.2, 0) is 14.3 Å². The van der Waals surface area contributed by atoms with Crippen molar-refractivity contribution in [2.45, 2.75) is 52.6 Å². The van der Waals surface area contributed by atoms with Crippen molar-refractivity contribution in [2.24, 2.45) is 11.8 Å². The second-order valence-corrected chi connectivity index (χ2v) is 5.50. The molecule has 0 radical (unpaired) electrons. The lowest BCUT2D eigenvalue weighted by molar-refractivity contribution is -0.162. The number of esters is 1. The maximum Gasteiger partial charge on any atom is 0.320 e. The Morgan fingerprint density at radius 1 is 1.22 bits per heavy atom. The molecule has 0 saturated heterocycles. The van der Waals surface area contributed by atoms with E-state index in [0.717, 1.165) is 18.2 Å². The number of halogens is 1. The van der Waals surface area contributed by atoms with Crippen LogP contribution in [0.3, 0.4) is 0 Å². The molecule has 1 N–H and O–H groups in total. The van der Waals surface area contributed by atoms with Gasteiger partial charge in [-0.1, -0.05) is 29.8 Å². The molecule has 0 amide bonds. The maximum atomic E-state index is 11.7. The van der Waals surface area contributed by atoms with E-state index in [4.69, 9.17) is 9.84 Å². The third-order valence-corrected chi connectivity index (χ3v) is 3.48. The average molecular weight is 323 g/mol. The summed E-state index contributed by atoms with van der Waals surface area (Å²) in [6, 6.07) is 0. The third kappa shape index (κ3) is 6.99. The van der Waals surface area contributed by atoms with Crippen LogP contribution in [0.25, 0.3) is 0 Å². The summed E-state index contributed by atoms with van der Waals surface area (Å²) in [7, 11) is 0. The molecule has 5 heteroatoms. The van der Waals surface area contributed by atoms with E-state index in [-0.39, 0.29) is 6.10 Å². The van der Waals surface area contributed by atoms with Crippen molar-refractivity contribution in [3.05, 3.63) is 0 Å². The number of carbonyl (C=O) groups is 2. The molecule has 4 nitrogen and oxygen atoms in total. The fourth-order valence-corrected chi connectivity index (χ4v) is 2.27. The molecule has 0 aromatic carbocycles. The molecule has 0 aromatic heterocycles. The molecule has 0 fully saturated rings. The van der Waals surface area contributed by atoms with Crippen molar-refractivity contribution in [2.75, 3.05) is 5.33 Å². The van der Waals surface area contributed by atoms with E-state index in [0.29, 0.717) is 18.8 Å². The van der Waals surface area contributed by atoms with Gasteiger partial charge in [0.15, 0.2) is 5.92 Å². The predicted molar refractivity (Wildman–Crippen MR) is 73.8 cm³/mol. The van der Waals surface area contributed by atoms with Crippen molar-refractivity contribution in [3.63, 3.8) is 0 Å². The standard InChI is InChI=1S/C13H23BrO4/c1-4-10(3)18-13(17)11(12(15)16)6-5-9(2)7-8-14/h9-11H,4-8H2,1-3H3,(H,15,16). The first kappa shape index (κ1) is 17.4. The Bertz CT molecular complexity index is 268. The number of carbonyl (C=O) groups excluding carboxylic acids is 1. The Balaban J connectivity index is 4.30. The molecule has 3 unspecified atom stereocenters. The molecule has 0 heterocycles. The lowest BCUT2D eigenvalue weighted by Gasteiger charge is -2.17. The fourth-order valence-electron chi connectivity index (χ4n) is 1.49. The van der Waals surface area contributed by atoms with Gasteiger partial charge in [-0.15, -0.1) is 0 Å². The first-order chi connectivity index (χ1) is 8.42. The second-order valence-electron chi connectivity index (χ2n) is 4.71. The summed E-state index contributed by atoms with van der Waals surface area (Å²) < 4.78 is 5.09. The zero-order valence-electron chi connectivity index (χ0n) is 11.3. The highest BCUT2D eigenvalue weighted by molar-refractivity contribution is 9.09. The van der Waals surface area contributed by atoms with Gasteiger partial charge < -0.3 is 9.84 Å². The second kappa shape index (κ2) is 9.36. The highest BCUT2D eigenvalue weighted by Crippen LogP contribution is 2.18. The number of aliphatic carboxylic acids is 1. The van der Waals surface area contributed by atoms with Crippen molar-refractivity contribution in [3.8, 4) is 0 Å². The number of carboxylic acid groups (broad SMARTS) is 1. The van der Waals surface area contributed by atoms with Gasteiger partial charge in [0.2, 0.25) is 0 Å². The van der Waals surface area contributed by atoms with Crippen LogP contribution in [0.15, 0.2) is 0 Å². The minimum atomic E-state index is -1.09. The summed E-state index contributed by atoms with van der Waals surface area (Å²) in [6.45, 7) is 5.72. The van der Waals surface area contributed by atoms with Crippen molar-refractivity contribution >= 4 is 27.9 Å². The van der Waals surface area contributed by atoms with Crippen LogP contribution in [0.2, 0.25) is 0 Å². The molecular formula is C13H23BrO4. The van der Waals surface area contributed by atoms with Crippen LogP contribution in [0, 0.1) is 11.8 Å². The summed E-state index contributed by atoms with van der Waals surface area (Å²) in [5.41, 5.74) is 0. The average Bonchev–Trinajstić information content (AvgIpc) is 2.28. The smallest absolute Gasteiger partial charge is 0.320 e. The Morgan fingerprint density at radius 2 is 1.83 bits per heavy atom. The molecule has 0 bridgehead atoms. The van der Waals surface area contributed by atoms with Crippen LogP contribution >= 0.6 is 15.9 Å². The van der Waals surface area contributed by atoms with E-state index in [1.54, 1.807) is 6.92 Å². The normalized spacial score (nSPS) is 15.8. The van der Waals surface area contributed by atoms with Crippen LogP contribution < -0.4 is 0 Å². The quantitative estimate of drug-likeness (QED) is 0.402. The number of carboxylic acids is 1. The molecule has 0 aliphatic heterocycles. The van der Waals surface area contributed by atoms with Crippen molar-refractivity contribution in [1.29, 1.82) is 0 Å². The lowest BCUT2D eigenvalue weighted by Crippen LogP contribution is -2.29. The molecule has 0 spiro atoms. The van der Waals surface area contributed by atoms with E-state index < -0.39 is 17.9 Å². The third-order valence-electron chi connectivity index (χ3n) is 3.02. The van der Waals surface area contributed by atoms with Crippen LogP contribution in [0.4, 0.5) is 0 Å². The maximum absolute atomic E-state index is 11.7. The van der Waals surface area contributed by atoms with E-state index in [9.17, 15) is 9.59 Å². The summed E-state index contributed by atoms with van der Waals surface area (Å²) >= 11 is 3.35. The molecule has 106 valence electrons. The molecule has 3 atom stereocenters. The first-order valence-electron chi connectivity index (χ1n) is 6.41. The van der Waals surface area contributed by atoms with Gasteiger partial charge in [-0.2, -0.15) is 0 Å². The SMILES string of the molecule is CCC(C)OC(=O)C(CCC(C)CCBr)C(=O)O. The number of rotatable bonds is 9. The summed E-state index contributed by atoms with van der Waals surface area (Å²) in [5, 5.41) is 9.95. The zero-order valence-corrected chi connectivity index (χ0v) is 12.9. The minimum Gasteiger partial charge on any atom is -0.481 e.